The molecule has 0 fully saturated rings. The van der Waals surface area contributed by atoms with Crippen molar-refractivity contribution >= 4 is 61.4 Å². The molecule has 0 aliphatic carbocycles. The molecule has 0 bridgehead atoms. The molecule has 0 spiro atoms. The van der Waals surface area contributed by atoms with E-state index in [1.165, 1.54) is 12.1 Å². The highest BCUT2D eigenvalue weighted by molar-refractivity contribution is 7.90. The fourth-order valence-electron chi connectivity index (χ4n) is 3.75. The molecule has 5 aromatic rings. The van der Waals surface area contributed by atoms with Crippen LogP contribution < -0.4 is 5.32 Å². The van der Waals surface area contributed by atoms with Crippen molar-refractivity contribution in [3.63, 3.8) is 0 Å². The molecule has 0 atom stereocenters. The number of nitrogens with zero attached hydrogens (tertiary/aromatic N) is 2. The van der Waals surface area contributed by atoms with Crippen molar-refractivity contribution in [2.24, 2.45) is 0 Å². The predicted molar refractivity (Wildman–Crippen MR) is 143 cm³/mol. The fourth-order valence-corrected chi connectivity index (χ4v) is 5.26. The molecular formula is C27H17Cl2N3O5S. The Bertz CT molecular complexity index is 1790. The summed E-state index contributed by atoms with van der Waals surface area (Å²) in [5.74, 6) is -1.81. The van der Waals surface area contributed by atoms with Gasteiger partial charge in [-0.05, 0) is 42.0 Å². The van der Waals surface area contributed by atoms with Gasteiger partial charge in [0.05, 0.1) is 22.7 Å². The van der Waals surface area contributed by atoms with Crippen molar-refractivity contribution in [2.75, 3.05) is 5.32 Å². The number of anilines is 1. The first-order valence-corrected chi connectivity index (χ1v) is 13.6. The minimum absolute atomic E-state index is 0.0916. The Morgan fingerprint density at radius 2 is 1.58 bits per heavy atom. The van der Waals surface area contributed by atoms with Crippen molar-refractivity contribution in [2.45, 2.75) is 10.9 Å². The van der Waals surface area contributed by atoms with Gasteiger partial charge < -0.3 is 9.73 Å². The van der Waals surface area contributed by atoms with Crippen LogP contribution in [0.5, 0.6) is 0 Å². The van der Waals surface area contributed by atoms with E-state index < -0.39 is 26.7 Å². The van der Waals surface area contributed by atoms with Crippen LogP contribution in [-0.4, -0.2) is 30.1 Å². The number of carbonyl (C=O) groups is 2. The first-order chi connectivity index (χ1) is 18.2. The van der Waals surface area contributed by atoms with Crippen molar-refractivity contribution in [1.82, 2.24) is 9.97 Å². The first kappa shape index (κ1) is 25.6. The summed E-state index contributed by atoms with van der Waals surface area (Å²) in [5, 5.41) is 2.83. The minimum atomic E-state index is -3.99. The van der Waals surface area contributed by atoms with E-state index in [1.807, 2.05) is 0 Å². The summed E-state index contributed by atoms with van der Waals surface area (Å²) in [6.45, 7) is 0. The Hall–Kier alpha value is -4.05. The van der Waals surface area contributed by atoms with E-state index in [2.05, 4.69) is 15.3 Å². The zero-order valence-corrected chi connectivity index (χ0v) is 21.7. The molecule has 3 aromatic carbocycles. The van der Waals surface area contributed by atoms with Gasteiger partial charge in [0.25, 0.3) is 5.91 Å². The van der Waals surface area contributed by atoms with E-state index >= 15 is 0 Å². The van der Waals surface area contributed by atoms with Crippen LogP contribution in [0.4, 0.5) is 5.69 Å². The molecule has 0 saturated heterocycles. The molecule has 2 aromatic heterocycles. The highest BCUT2D eigenvalue weighted by Gasteiger charge is 2.27. The second-order valence-corrected chi connectivity index (χ2v) is 10.9. The van der Waals surface area contributed by atoms with Gasteiger partial charge in [0.2, 0.25) is 20.8 Å². The third kappa shape index (κ3) is 5.17. The molecule has 190 valence electrons. The summed E-state index contributed by atoms with van der Waals surface area (Å²) in [7, 11) is -3.99. The Balaban J connectivity index is 1.51. The van der Waals surface area contributed by atoms with Gasteiger partial charge in [-0.1, -0.05) is 65.7 Å². The lowest BCUT2D eigenvalue weighted by molar-refractivity contribution is 0.101. The molecule has 8 nitrogen and oxygen atoms in total. The van der Waals surface area contributed by atoms with E-state index in [0.717, 1.165) is 6.20 Å². The number of para-hydroxylation sites is 1. The van der Waals surface area contributed by atoms with Crippen molar-refractivity contribution < 1.29 is 22.4 Å². The molecule has 5 rings (SSSR count). The Kier molecular flexibility index (Phi) is 6.98. The summed E-state index contributed by atoms with van der Waals surface area (Å²) >= 11 is 12.1. The van der Waals surface area contributed by atoms with Crippen LogP contribution in [0, 0.1) is 0 Å². The van der Waals surface area contributed by atoms with Gasteiger partial charge in [0.15, 0.2) is 11.5 Å². The van der Waals surface area contributed by atoms with E-state index in [9.17, 15) is 18.0 Å². The molecular weight excluding hydrogens is 549 g/mol. The summed E-state index contributed by atoms with van der Waals surface area (Å²) in [4.78, 5) is 34.4. The Morgan fingerprint density at radius 3 is 2.32 bits per heavy atom. The van der Waals surface area contributed by atoms with Crippen LogP contribution >= 0.6 is 23.2 Å². The Labute approximate surface area is 227 Å². The van der Waals surface area contributed by atoms with Gasteiger partial charge in [0.1, 0.15) is 5.58 Å². The number of rotatable bonds is 7. The van der Waals surface area contributed by atoms with Crippen molar-refractivity contribution in [1.29, 1.82) is 0 Å². The van der Waals surface area contributed by atoms with Gasteiger partial charge in [-0.3, -0.25) is 9.59 Å². The minimum Gasteiger partial charge on any atom is -0.450 e. The van der Waals surface area contributed by atoms with Crippen LogP contribution in [0.25, 0.3) is 11.0 Å². The number of benzene rings is 3. The number of carbonyl (C=O) groups excluding carboxylic acids is 2. The predicted octanol–water partition coefficient (Wildman–Crippen LogP) is 5.99. The number of furan rings is 1. The van der Waals surface area contributed by atoms with Gasteiger partial charge >= 0.3 is 0 Å². The maximum Gasteiger partial charge on any atom is 0.276 e. The van der Waals surface area contributed by atoms with Gasteiger partial charge in [-0.2, -0.15) is 0 Å². The maximum absolute atomic E-state index is 13.3. The lowest BCUT2D eigenvalue weighted by Crippen LogP contribution is -2.19. The van der Waals surface area contributed by atoms with Gasteiger partial charge in [-0.15, -0.1) is 0 Å². The number of amides is 1. The second kappa shape index (κ2) is 10.4. The molecule has 0 unspecified atom stereocenters. The molecule has 38 heavy (non-hydrogen) atoms. The molecule has 1 N–H and O–H groups in total. The number of nitrogens with one attached hydrogen (secondary N) is 1. The third-order valence-electron chi connectivity index (χ3n) is 5.56. The Morgan fingerprint density at radius 1 is 0.895 bits per heavy atom. The summed E-state index contributed by atoms with van der Waals surface area (Å²) < 4.78 is 31.7. The molecule has 0 radical (unpaired) electrons. The fraction of sp³-hybridized carbons (Fsp3) is 0.0370. The largest absolute Gasteiger partial charge is 0.450 e. The van der Waals surface area contributed by atoms with Gasteiger partial charge in [-0.25, -0.2) is 18.4 Å². The number of sulfone groups is 1. The van der Waals surface area contributed by atoms with E-state index in [-0.39, 0.29) is 27.9 Å². The normalized spacial score (nSPS) is 11.4. The standard InChI is InChI=1S/C27H17Cl2N3O5S/c28-18-12-10-17(11-13-18)24(33)25-22(19-8-4-5-9-21(19)37-25)31-26(34)23-20(29)14-30-27(32-23)38(35,36)15-16-6-2-1-3-7-16/h1-14H,15H2,(H,31,34). The van der Waals surface area contributed by atoms with E-state index in [0.29, 0.717) is 27.1 Å². The zero-order chi connectivity index (χ0) is 26.9. The molecule has 2 heterocycles. The van der Waals surface area contributed by atoms with E-state index in [4.69, 9.17) is 27.6 Å². The number of aromatic nitrogens is 2. The second-order valence-electron chi connectivity index (χ2n) is 8.19. The first-order valence-electron chi connectivity index (χ1n) is 11.2. The summed E-state index contributed by atoms with van der Waals surface area (Å²) in [6, 6.07) is 21.5. The average molecular weight is 566 g/mol. The summed E-state index contributed by atoms with van der Waals surface area (Å²) in [6.07, 6.45) is 1.05. The van der Waals surface area contributed by atoms with Crippen LogP contribution in [-0.2, 0) is 15.6 Å². The monoisotopic (exact) mass is 565 g/mol. The SMILES string of the molecule is O=C(Nc1c(C(=O)c2ccc(Cl)cc2)oc2ccccc12)c1nc(S(=O)(=O)Cc2ccccc2)ncc1Cl. The van der Waals surface area contributed by atoms with Crippen LogP contribution in [0.1, 0.15) is 32.2 Å². The lowest BCUT2D eigenvalue weighted by Gasteiger charge is -2.09. The number of ketones is 1. The number of hydrogen-bond donors (Lipinski definition) is 1. The lowest BCUT2D eigenvalue weighted by atomic mass is 10.1. The number of hydrogen-bond acceptors (Lipinski definition) is 7. The van der Waals surface area contributed by atoms with Crippen molar-refractivity contribution in [3.05, 3.63) is 118 Å². The third-order valence-corrected chi connectivity index (χ3v) is 7.56. The number of halogens is 2. The topological polar surface area (TPSA) is 119 Å². The summed E-state index contributed by atoms with van der Waals surface area (Å²) in [5.41, 5.74) is 0.906. The highest BCUT2D eigenvalue weighted by atomic mass is 35.5. The number of fused-ring (bicyclic) bond motifs is 1. The van der Waals surface area contributed by atoms with Crippen molar-refractivity contribution in [3.8, 4) is 0 Å². The smallest absolute Gasteiger partial charge is 0.276 e. The molecule has 0 saturated carbocycles. The average Bonchev–Trinajstić information content (AvgIpc) is 3.27. The molecule has 11 heteroatoms. The zero-order valence-electron chi connectivity index (χ0n) is 19.4. The van der Waals surface area contributed by atoms with Crippen LogP contribution in [0.3, 0.4) is 0 Å². The molecule has 0 aliphatic rings. The van der Waals surface area contributed by atoms with Crippen LogP contribution in [0.15, 0.2) is 94.6 Å². The highest BCUT2D eigenvalue weighted by Crippen LogP contribution is 2.33. The van der Waals surface area contributed by atoms with Crippen LogP contribution in [0.2, 0.25) is 10.0 Å². The van der Waals surface area contributed by atoms with Gasteiger partial charge in [0, 0.05) is 16.0 Å². The molecule has 1 amide bonds. The quantitative estimate of drug-likeness (QED) is 0.190. The molecule has 0 aliphatic heterocycles. The van der Waals surface area contributed by atoms with E-state index in [1.54, 1.807) is 66.7 Å². The maximum atomic E-state index is 13.3.